The summed E-state index contributed by atoms with van der Waals surface area (Å²) >= 11 is 3.84. The second-order valence-corrected chi connectivity index (χ2v) is 13.7. The van der Waals surface area contributed by atoms with Crippen LogP contribution in [-0.2, 0) is 10.8 Å². The first-order valence-electron chi connectivity index (χ1n) is 12.0. The minimum absolute atomic E-state index is 0.0726. The molecule has 0 aliphatic carbocycles. The van der Waals surface area contributed by atoms with Crippen molar-refractivity contribution in [3.05, 3.63) is 83.9 Å². The van der Waals surface area contributed by atoms with Gasteiger partial charge in [0.05, 0.1) is 0 Å². The van der Waals surface area contributed by atoms with Crippen LogP contribution in [0, 0.1) is 0 Å². The summed E-state index contributed by atoms with van der Waals surface area (Å²) < 4.78 is 5.51. The summed E-state index contributed by atoms with van der Waals surface area (Å²) in [6.45, 7) is 13.9. The molecule has 0 saturated carbocycles. The smallest absolute Gasteiger partial charge is 0.0364 e. The van der Waals surface area contributed by atoms with Crippen LogP contribution in [0.25, 0.3) is 51.5 Å². The zero-order chi connectivity index (χ0) is 23.8. The van der Waals surface area contributed by atoms with E-state index >= 15 is 0 Å². The van der Waals surface area contributed by atoms with Crippen LogP contribution in [-0.4, -0.2) is 0 Å². The first-order chi connectivity index (χ1) is 16.1. The molecule has 0 spiro atoms. The summed E-state index contributed by atoms with van der Waals surface area (Å²) in [6, 6.07) is 27.7. The van der Waals surface area contributed by atoms with Gasteiger partial charge in [-0.05, 0) is 63.4 Å². The minimum atomic E-state index is 0.0726. The predicted molar refractivity (Wildman–Crippen MR) is 155 cm³/mol. The SMILES string of the molecule is CC(C)(C)c1ccc2c(c1)sc1cc(-c3cc(C(C)(C)C)c4c(c3)sc3ccccc34)ccc12. The topological polar surface area (TPSA) is 0 Å². The Morgan fingerprint density at radius 2 is 1.15 bits per heavy atom. The van der Waals surface area contributed by atoms with E-state index in [0.29, 0.717) is 0 Å². The predicted octanol–water partition coefficient (Wildman–Crippen LogP) is 10.7. The molecule has 0 nitrogen and oxygen atoms in total. The third kappa shape index (κ3) is 3.47. The van der Waals surface area contributed by atoms with Crippen LogP contribution in [0.3, 0.4) is 0 Å². The molecule has 34 heavy (non-hydrogen) atoms. The summed E-state index contributed by atoms with van der Waals surface area (Å²) in [6.07, 6.45) is 0. The fraction of sp³-hybridized carbons (Fsp3) is 0.250. The van der Waals surface area contributed by atoms with Crippen molar-refractivity contribution in [2.24, 2.45) is 0 Å². The number of hydrogen-bond acceptors (Lipinski definition) is 2. The number of fused-ring (bicyclic) bond motifs is 6. The van der Waals surface area contributed by atoms with Gasteiger partial charge in [0, 0.05) is 40.3 Å². The zero-order valence-electron chi connectivity index (χ0n) is 20.7. The standard InChI is InChI=1S/C32H30S2/c1-31(2,3)21-12-14-23-22-13-11-19(16-27(22)34-28(23)18-21)20-15-25(32(4,5)6)30-24-9-7-8-10-26(24)33-29(30)17-20/h7-18H,1-6H3. The van der Waals surface area contributed by atoms with Crippen LogP contribution >= 0.6 is 22.7 Å². The highest BCUT2D eigenvalue weighted by molar-refractivity contribution is 7.26. The molecule has 0 saturated heterocycles. The van der Waals surface area contributed by atoms with Crippen molar-refractivity contribution in [3.8, 4) is 11.1 Å². The van der Waals surface area contributed by atoms with E-state index < -0.39 is 0 Å². The molecule has 6 rings (SSSR count). The van der Waals surface area contributed by atoms with E-state index in [2.05, 4.69) is 114 Å². The highest BCUT2D eigenvalue weighted by Crippen LogP contribution is 2.44. The van der Waals surface area contributed by atoms with E-state index in [-0.39, 0.29) is 10.8 Å². The summed E-state index contributed by atoms with van der Waals surface area (Å²) in [4.78, 5) is 0. The number of thiophene rings is 2. The third-order valence-electron chi connectivity index (χ3n) is 6.96. The molecule has 2 heterocycles. The van der Waals surface area contributed by atoms with Gasteiger partial charge in [-0.25, -0.2) is 0 Å². The molecule has 0 atom stereocenters. The van der Waals surface area contributed by atoms with E-state index in [1.165, 1.54) is 62.6 Å². The Kier molecular flexibility index (Phi) is 4.76. The average molecular weight is 479 g/mol. The Hall–Kier alpha value is -2.68. The van der Waals surface area contributed by atoms with E-state index in [0.717, 1.165) is 0 Å². The van der Waals surface area contributed by atoms with Crippen molar-refractivity contribution >= 4 is 63.0 Å². The Morgan fingerprint density at radius 3 is 1.88 bits per heavy atom. The van der Waals surface area contributed by atoms with Crippen molar-refractivity contribution in [1.82, 2.24) is 0 Å². The minimum Gasteiger partial charge on any atom is -0.135 e. The second-order valence-electron chi connectivity index (χ2n) is 11.5. The summed E-state index contributed by atoms with van der Waals surface area (Å²) in [7, 11) is 0. The molecule has 0 radical (unpaired) electrons. The monoisotopic (exact) mass is 478 g/mol. The van der Waals surface area contributed by atoms with Gasteiger partial charge in [0.25, 0.3) is 0 Å². The molecule has 2 aromatic heterocycles. The lowest BCUT2D eigenvalue weighted by atomic mass is 9.82. The maximum atomic E-state index is 2.44. The molecule has 2 heteroatoms. The molecule has 0 aliphatic rings. The molecular weight excluding hydrogens is 448 g/mol. The lowest BCUT2D eigenvalue weighted by Gasteiger charge is -2.22. The van der Waals surface area contributed by atoms with Gasteiger partial charge < -0.3 is 0 Å². The van der Waals surface area contributed by atoms with Crippen LogP contribution in [0.2, 0.25) is 0 Å². The molecule has 0 N–H and O–H groups in total. The summed E-state index contributed by atoms with van der Waals surface area (Å²) in [5, 5.41) is 5.54. The molecule has 0 unspecified atom stereocenters. The molecule has 6 aromatic rings. The van der Waals surface area contributed by atoms with Gasteiger partial charge >= 0.3 is 0 Å². The van der Waals surface area contributed by atoms with E-state index in [4.69, 9.17) is 0 Å². The van der Waals surface area contributed by atoms with Gasteiger partial charge in [0.15, 0.2) is 0 Å². The fourth-order valence-corrected chi connectivity index (χ4v) is 7.39. The zero-order valence-corrected chi connectivity index (χ0v) is 22.4. The van der Waals surface area contributed by atoms with Gasteiger partial charge in [-0.15, -0.1) is 22.7 Å². The Balaban J connectivity index is 1.57. The molecule has 4 aromatic carbocycles. The normalized spacial score (nSPS) is 13.0. The lowest BCUT2D eigenvalue weighted by molar-refractivity contribution is 0.591. The van der Waals surface area contributed by atoms with Crippen molar-refractivity contribution in [3.63, 3.8) is 0 Å². The Bertz CT molecular complexity index is 1710. The van der Waals surface area contributed by atoms with Gasteiger partial charge in [-0.3, -0.25) is 0 Å². The van der Waals surface area contributed by atoms with Gasteiger partial charge in [-0.1, -0.05) is 84.0 Å². The van der Waals surface area contributed by atoms with Gasteiger partial charge in [-0.2, -0.15) is 0 Å². The van der Waals surface area contributed by atoms with Crippen LogP contribution in [0.1, 0.15) is 52.7 Å². The quantitative estimate of drug-likeness (QED) is 0.220. The number of hydrogen-bond donors (Lipinski definition) is 0. The van der Waals surface area contributed by atoms with E-state index in [1.54, 1.807) is 0 Å². The molecule has 170 valence electrons. The van der Waals surface area contributed by atoms with Crippen molar-refractivity contribution in [2.75, 3.05) is 0 Å². The van der Waals surface area contributed by atoms with Crippen molar-refractivity contribution < 1.29 is 0 Å². The highest BCUT2D eigenvalue weighted by Gasteiger charge is 2.22. The van der Waals surface area contributed by atoms with Gasteiger partial charge in [0.1, 0.15) is 0 Å². The number of rotatable bonds is 1. The van der Waals surface area contributed by atoms with E-state index in [9.17, 15) is 0 Å². The Morgan fingerprint density at radius 1 is 0.500 bits per heavy atom. The lowest BCUT2D eigenvalue weighted by Crippen LogP contribution is -2.11. The van der Waals surface area contributed by atoms with Gasteiger partial charge in [0.2, 0.25) is 0 Å². The summed E-state index contributed by atoms with van der Waals surface area (Å²) in [5.74, 6) is 0. The van der Waals surface area contributed by atoms with Crippen molar-refractivity contribution in [2.45, 2.75) is 52.4 Å². The van der Waals surface area contributed by atoms with Crippen LogP contribution < -0.4 is 0 Å². The first kappa shape index (κ1) is 21.8. The van der Waals surface area contributed by atoms with E-state index in [1.807, 2.05) is 22.7 Å². The molecule has 0 aliphatic heterocycles. The summed E-state index contributed by atoms with van der Waals surface area (Å²) in [5.41, 5.74) is 5.70. The van der Waals surface area contributed by atoms with Crippen LogP contribution in [0.4, 0.5) is 0 Å². The average Bonchev–Trinajstić information content (AvgIpc) is 3.34. The molecule has 0 fully saturated rings. The first-order valence-corrected chi connectivity index (χ1v) is 13.7. The third-order valence-corrected chi connectivity index (χ3v) is 9.19. The maximum absolute atomic E-state index is 2.44. The molecule has 0 amide bonds. The fourth-order valence-electron chi connectivity index (χ4n) is 5.04. The molecular formula is C32H30S2. The van der Waals surface area contributed by atoms with Crippen LogP contribution in [0.5, 0.6) is 0 Å². The van der Waals surface area contributed by atoms with Crippen LogP contribution in [0.15, 0.2) is 72.8 Å². The van der Waals surface area contributed by atoms with Crippen molar-refractivity contribution in [1.29, 1.82) is 0 Å². The second kappa shape index (κ2) is 7.41. The largest absolute Gasteiger partial charge is 0.135 e. The molecule has 0 bridgehead atoms. The highest BCUT2D eigenvalue weighted by atomic mass is 32.1. The maximum Gasteiger partial charge on any atom is 0.0364 e. The Labute approximate surface area is 209 Å². The number of benzene rings is 4.